The van der Waals surface area contributed by atoms with Crippen LogP contribution >= 0.6 is 0 Å². The van der Waals surface area contributed by atoms with Crippen molar-refractivity contribution in [1.29, 1.82) is 0 Å². The third kappa shape index (κ3) is 11.4. The Labute approximate surface area is 199 Å². The third-order valence-corrected chi connectivity index (χ3v) is 7.57. The highest BCUT2D eigenvalue weighted by molar-refractivity contribution is 5.68. The lowest BCUT2D eigenvalue weighted by molar-refractivity contribution is 0.0135. The number of ether oxygens (including phenoxy) is 1. The zero-order valence-electron chi connectivity index (χ0n) is 22.0. The summed E-state index contributed by atoms with van der Waals surface area (Å²) < 4.78 is 5.54. The van der Waals surface area contributed by atoms with Gasteiger partial charge in [-0.05, 0) is 84.3 Å². The molecule has 32 heavy (non-hydrogen) atoms. The molecule has 2 aliphatic rings. The number of nitrogens with zero attached hydrogens (tertiary/aromatic N) is 2. The Morgan fingerprint density at radius 3 is 1.62 bits per heavy atom. The maximum Gasteiger partial charge on any atom is 0.410 e. The topological polar surface area (TPSA) is 32.8 Å². The average molecular weight is 451 g/mol. The van der Waals surface area contributed by atoms with Crippen LogP contribution in [0, 0.1) is 11.8 Å². The summed E-state index contributed by atoms with van der Waals surface area (Å²) in [5.41, 5.74) is -0.394. The van der Waals surface area contributed by atoms with Crippen LogP contribution in [0.5, 0.6) is 0 Å². The molecule has 0 N–H and O–H groups in total. The van der Waals surface area contributed by atoms with E-state index in [2.05, 4.69) is 11.8 Å². The highest BCUT2D eigenvalue weighted by Crippen LogP contribution is 2.33. The predicted molar refractivity (Wildman–Crippen MR) is 136 cm³/mol. The minimum atomic E-state index is -0.394. The van der Waals surface area contributed by atoms with Crippen molar-refractivity contribution < 1.29 is 9.53 Å². The molecule has 0 saturated carbocycles. The molecule has 0 unspecified atom stereocenters. The molecule has 0 aromatic rings. The van der Waals surface area contributed by atoms with Gasteiger partial charge in [0.1, 0.15) is 5.60 Å². The summed E-state index contributed by atoms with van der Waals surface area (Å²) in [6.45, 7) is 13.8. The summed E-state index contributed by atoms with van der Waals surface area (Å²) >= 11 is 0. The van der Waals surface area contributed by atoms with Gasteiger partial charge in [-0.15, -0.1) is 0 Å². The number of hydrogen-bond donors (Lipinski definition) is 0. The van der Waals surface area contributed by atoms with E-state index in [4.69, 9.17) is 4.74 Å². The minimum absolute atomic E-state index is 0.127. The van der Waals surface area contributed by atoms with E-state index in [9.17, 15) is 4.79 Å². The highest BCUT2D eigenvalue weighted by Gasteiger charge is 2.32. The van der Waals surface area contributed by atoms with E-state index in [-0.39, 0.29) is 6.09 Å². The Kier molecular flexibility index (Phi) is 13.0. The molecule has 188 valence electrons. The molecule has 4 nitrogen and oxygen atoms in total. The van der Waals surface area contributed by atoms with Crippen LogP contribution in [0.15, 0.2) is 0 Å². The molecule has 2 fully saturated rings. The van der Waals surface area contributed by atoms with Gasteiger partial charge in [-0.25, -0.2) is 4.79 Å². The van der Waals surface area contributed by atoms with Crippen molar-refractivity contribution in [2.45, 2.75) is 130 Å². The van der Waals surface area contributed by atoms with Crippen LogP contribution in [-0.4, -0.2) is 54.2 Å². The Morgan fingerprint density at radius 2 is 1.16 bits per heavy atom. The van der Waals surface area contributed by atoms with E-state index >= 15 is 0 Å². The number of carbonyl (C=O) groups excluding carboxylic acids is 1. The SMILES string of the molecule is CCCCCCCCCCCCCN1CCC(C2CCN(C(=O)OC(C)(C)C)CC2)CC1. The molecule has 2 saturated heterocycles. The monoisotopic (exact) mass is 450 g/mol. The third-order valence-electron chi connectivity index (χ3n) is 7.57. The molecule has 2 heterocycles. The fraction of sp³-hybridized carbons (Fsp3) is 0.964. The molecule has 0 spiro atoms. The maximum atomic E-state index is 12.3. The van der Waals surface area contributed by atoms with Crippen molar-refractivity contribution in [2.75, 3.05) is 32.7 Å². The van der Waals surface area contributed by atoms with Gasteiger partial charge >= 0.3 is 6.09 Å². The van der Waals surface area contributed by atoms with Crippen LogP contribution in [-0.2, 0) is 4.74 Å². The van der Waals surface area contributed by atoms with Gasteiger partial charge < -0.3 is 14.5 Å². The number of rotatable bonds is 13. The number of carbonyl (C=O) groups is 1. The molecule has 0 aliphatic carbocycles. The summed E-state index contributed by atoms with van der Waals surface area (Å²) in [4.78, 5) is 16.9. The standard InChI is InChI=1S/C28H54N2O2/c1-5-6-7-8-9-10-11-12-13-14-15-20-29-21-16-25(17-22-29)26-18-23-30(24-19-26)27(31)32-28(2,3)4/h25-26H,5-24H2,1-4H3. The van der Waals surface area contributed by atoms with Crippen LogP contribution in [0.2, 0.25) is 0 Å². The fourth-order valence-electron chi connectivity index (χ4n) is 5.53. The van der Waals surface area contributed by atoms with E-state index < -0.39 is 5.60 Å². The molecular formula is C28H54N2O2. The molecule has 2 rings (SSSR count). The number of likely N-dealkylation sites (tertiary alicyclic amines) is 2. The van der Waals surface area contributed by atoms with Crippen LogP contribution in [0.3, 0.4) is 0 Å². The first kappa shape index (κ1) is 27.5. The van der Waals surface area contributed by atoms with Gasteiger partial charge in [-0.2, -0.15) is 0 Å². The van der Waals surface area contributed by atoms with Crippen molar-refractivity contribution in [2.24, 2.45) is 11.8 Å². The molecule has 0 aromatic heterocycles. The highest BCUT2D eigenvalue weighted by atomic mass is 16.6. The van der Waals surface area contributed by atoms with Crippen LogP contribution in [0.1, 0.15) is 124 Å². The van der Waals surface area contributed by atoms with E-state index in [1.165, 1.54) is 103 Å². The van der Waals surface area contributed by atoms with Crippen molar-refractivity contribution >= 4 is 6.09 Å². The van der Waals surface area contributed by atoms with Gasteiger partial charge in [-0.1, -0.05) is 71.1 Å². The second kappa shape index (κ2) is 15.2. The van der Waals surface area contributed by atoms with Gasteiger partial charge in [0.2, 0.25) is 0 Å². The zero-order chi connectivity index (χ0) is 23.2. The number of unbranched alkanes of at least 4 members (excludes halogenated alkanes) is 10. The van der Waals surface area contributed by atoms with E-state index in [1.807, 2.05) is 25.7 Å². The predicted octanol–water partition coefficient (Wildman–Crippen LogP) is 7.66. The molecule has 4 heteroatoms. The molecule has 2 aliphatic heterocycles. The van der Waals surface area contributed by atoms with Gasteiger partial charge in [0.05, 0.1) is 0 Å². The van der Waals surface area contributed by atoms with Crippen molar-refractivity contribution in [1.82, 2.24) is 9.80 Å². The summed E-state index contributed by atoms with van der Waals surface area (Å²) in [7, 11) is 0. The first-order valence-electron chi connectivity index (χ1n) is 14.1. The Bertz CT molecular complexity index is 486. The summed E-state index contributed by atoms with van der Waals surface area (Å²) in [5.74, 6) is 1.67. The van der Waals surface area contributed by atoms with Crippen molar-refractivity contribution in [3.63, 3.8) is 0 Å². The van der Waals surface area contributed by atoms with Gasteiger partial charge in [0.25, 0.3) is 0 Å². The summed E-state index contributed by atoms with van der Waals surface area (Å²) in [6.07, 6.45) is 20.6. The largest absolute Gasteiger partial charge is 0.444 e. The summed E-state index contributed by atoms with van der Waals surface area (Å²) in [5, 5.41) is 0. The smallest absolute Gasteiger partial charge is 0.410 e. The second-order valence-corrected chi connectivity index (χ2v) is 11.5. The fourth-order valence-corrected chi connectivity index (χ4v) is 5.53. The Morgan fingerprint density at radius 1 is 0.719 bits per heavy atom. The lowest BCUT2D eigenvalue weighted by Gasteiger charge is -2.40. The summed E-state index contributed by atoms with van der Waals surface area (Å²) in [6, 6.07) is 0. The van der Waals surface area contributed by atoms with Crippen LogP contribution < -0.4 is 0 Å². The van der Waals surface area contributed by atoms with Gasteiger partial charge in [-0.3, -0.25) is 0 Å². The molecule has 1 amide bonds. The first-order chi connectivity index (χ1) is 15.4. The Hall–Kier alpha value is -0.770. The van der Waals surface area contributed by atoms with Crippen molar-refractivity contribution in [3.05, 3.63) is 0 Å². The lowest BCUT2D eigenvalue weighted by atomic mass is 9.79. The number of piperidine rings is 2. The Balaban J connectivity index is 1.46. The maximum absolute atomic E-state index is 12.3. The molecule has 0 atom stereocenters. The van der Waals surface area contributed by atoms with Gasteiger partial charge in [0.15, 0.2) is 0 Å². The number of amides is 1. The van der Waals surface area contributed by atoms with E-state index in [0.29, 0.717) is 0 Å². The molecule has 0 aromatic carbocycles. The second-order valence-electron chi connectivity index (χ2n) is 11.5. The van der Waals surface area contributed by atoms with Crippen LogP contribution in [0.25, 0.3) is 0 Å². The van der Waals surface area contributed by atoms with Gasteiger partial charge in [0, 0.05) is 13.1 Å². The van der Waals surface area contributed by atoms with Crippen molar-refractivity contribution in [3.8, 4) is 0 Å². The average Bonchev–Trinajstić information content (AvgIpc) is 2.77. The number of hydrogen-bond acceptors (Lipinski definition) is 3. The minimum Gasteiger partial charge on any atom is -0.444 e. The lowest BCUT2D eigenvalue weighted by Crippen LogP contribution is -2.44. The molecule has 0 bridgehead atoms. The first-order valence-corrected chi connectivity index (χ1v) is 14.1. The van der Waals surface area contributed by atoms with Crippen LogP contribution in [0.4, 0.5) is 4.79 Å². The van der Waals surface area contributed by atoms with E-state index in [1.54, 1.807) is 0 Å². The quantitative estimate of drug-likeness (QED) is 0.270. The normalized spacial score (nSPS) is 19.4. The van der Waals surface area contributed by atoms with E-state index in [0.717, 1.165) is 37.8 Å². The zero-order valence-corrected chi connectivity index (χ0v) is 22.0. The molecular weight excluding hydrogens is 396 g/mol. The molecule has 0 radical (unpaired) electrons.